The molecule has 1 aliphatic heterocycles. The van der Waals surface area contributed by atoms with E-state index in [2.05, 4.69) is 10.6 Å². The Bertz CT molecular complexity index is 1380. The smallest absolute Gasteiger partial charge is 0.337 e. The van der Waals surface area contributed by atoms with E-state index < -0.39 is 17.5 Å². The minimum Gasteiger partial charge on any atom is -0.481 e. The maximum absolute atomic E-state index is 13.2. The molecule has 0 saturated carbocycles. The lowest BCUT2D eigenvalue weighted by Gasteiger charge is -2.20. The molecule has 4 rings (SSSR count). The second kappa shape index (κ2) is 10.3. The van der Waals surface area contributed by atoms with Gasteiger partial charge in [0.25, 0.3) is 5.91 Å². The monoisotopic (exact) mass is 499 g/mol. The van der Waals surface area contributed by atoms with Crippen LogP contribution in [-0.2, 0) is 26.3 Å². The number of nitrogens with one attached hydrogen (secondary N) is 2. The Morgan fingerprint density at radius 3 is 2.24 bits per heavy atom. The van der Waals surface area contributed by atoms with Crippen LogP contribution in [-0.4, -0.2) is 30.1 Å². The molecule has 5 N–H and O–H groups in total. The van der Waals surface area contributed by atoms with Gasteiger partial charge in [-0.3, -0.25) is 9.59 Å². The highest BCUT2D eigenvalue weighted by atomic mass is 16.5. The largest absolute Gasteiger partial charge is 0.481 e. The number of hydrogen-bond acceptors (Lipinski definition) is 6. The summed E-state index contributed by atoms with van der Waals surface area (Å²) in [6.45, 7) is 3.86. The average molecular weight is 500 g/mol. The topological polar surface area (TPSA) is 131 Å². The highest BCUT2D eigenvalue weighted by Gasteiger charge is 2.29. The number of carboxylic acids is 1. The number of carbonyl (C=O) groups excluding carboxylic acids is 2. The third-order valence-electron chi connectivity index (χ3n) is 6.20. The molecule has 3 aromatic carbocycles. The van der Waals surface area contributed by atoms with Crippen molar-refractivity contribution in [3.63, 3.8) is 0 Å². The van der Waals surface area contributed by atoms with Gasteiger partial charge < -0.3 is 26.2 Å². The van der Waals surface area contributed by atoms with Gasteiger partial charge in [0.05, 0.1) is 29.6 Å². The molecule has 0 spiro atoms. The number of amides is 1. The molecule has 0 unspecified atom stereocenters. The lowest BCUT2D eigenvalue weighted by Crippen LogP contribution is -2.28. The number of carbonyl (C=O) groups is 3. The predicted octanol–water partition coefficient (Wildman–Crippen LogP) is 4.62. The van der Waals surface area contributed by atoms with E-state index in [0.29, 0.717) is 34.5 Å². The molecule has 0 bridgehead atoms. The van der Waals surface area contributed by atoms with E-state index in [4.69, 9.17) is 15.6 Å². The minimum atomic E-state index is -0.858. The van der Waals surface area contributed by atoms with Crippen molar-refractivity contribution < 1.29 is 24.2 Å². The summed E-state index contributed by atoms with van der Waals surface area (Å²) in [5.74, 6) is -1.66. The molecular weight excluding hydrogens is 470 g/mol. The van der Waals surface area contributed by atoms with Crippen molar-refractivity contribution in [2.24, 2.45) is 5.73 Å². The molecule has 0 radical (unpaired) electrons. The van der Waals surface area contributed by atoms with Gasteiger partial charge >= 0.3 is 11.9 Å². The summed E-state index contributed by atoms with van der Waals surface area (Å²) in [5.41, 5.74) is 11.6. The number of methoxy groups -OCH3 is 1. The number of esters is 1. The van der Waals surface area contributed by atoms with E-state index in [-0.39, 0.29) is 12.3 Å². The zero-order valence-corrected chi connectivity index (χ0v) is 20.9. The first-order valence-electron chi connectivity index (χ1n) is 11.8. The van der Waals surface area contributed by atoms with Crippen LogP contribution in [0, 0.1) is 0 Å². The Morgan fingerprint density at radius 2 is 1.65 bits per heavy atom. The van der Waals surface area contributed by atoms with Crippen molar-refractivity contribution in [1.29, 1.82) is 0 Å². The number of rotatable bonds is 8. The summed E-state index contributed by atoms with van der Waals surface area (Å²) in [5, 5.41) is 15.2. The van der Waals surface area contributed by atoms with Crippen LogP contribution < -0.4 is 16.4 Å². The minimum absolute atomic E-state index is 0.0354. The lowest BCUT2D eigenvalue weighted by atomic mass is 9.95. The Kier molecular flexibility index (Phi) is 7.13. The molecule has 8 nitrogen and oxygen atoms in total. The van der Waals surface area contributed by atoms with Gasteiger partial charge in [-0.05, 0) is 61.2 Å². The molecule has 8 heteroatoms. The van der Waals surface area contributed by atoms with Crippen LogP contribution in [0.5, 0.6) is 0 Å². The average Bonchev–Trinajstić information content (AvgIpc) is 3.20. The predicted molar refractivity (Wildman–Crippen MR) is 143 cm³/mol. The molecular formula is C29H29N3O5. The second-order valence-corrected chi connectivity index (χ2v) is 9.47. The van der Waals surface area contributed by atoms with E-state index in [1.807, 2.05) is 62.4 Å². The summed E-state index contributed by atoms with van der Waals surface area (Å²) in [6, 6.07) is 20.0. The van der Waals surface area contributed by atoms with Crippen LogP contribution in [0.4, 0.5) is 11.4 Å². The molecule has 0 fully saturated rings. The zero-order chi connectivity index (χ0) is 26.7. The molecule has 0 atom stereocenters. The van der Waals surface area contributed by atoms with Crippen LogP contribution in [0.15, 0.2) is 66.7 Å². The van der Waals surface area contributed by atoms with Gasteiger partial charge in [-0.1, -0.05) is 42.5 Å². The molecule has 3 aromatic rings. The van der Waals surface area contributed by atoms with Gasteiger partial charge in [-0.2, -0.15) is 0 Å². The van der Waals surface area contributed by atoms with E-state index >= 15 is 0 Å². The fourth-order valence-electron chi connectivity index (χ4n) is 4.16. The molecule has 1 aliphatic rings. The van der Waals surface area contributed by atoms with Crippen molar-refractivity contribution in [1.82, 2.24) is 0 Å². The summed E-state index contributed by atoms with van der Waals surface area (Å²) >= 11 is 0. The Balaban J connectivity index is 1.79. The number of aryl methyl sites for hydroxylation is 1. The molecule has 190 valence electrons. The van der Waals surface area contributed by atoms with Crippen molar-refractivity contribution in [3.8, 4) is 0 Å². The normalized spacial score (nSPS) is 14.0. The van der Waals surface area contributed by atoms with Crippen LogP contribution >= 0.6 is 0 Å². The summed E-state index contributed by atoms with van der Waals surface area (Å²) in [4.78, 5) is 36.2. The summed E-state index contributed by atoms with van der Waals surface area (Å²) in [7, 11) is 1.30. The molecule has 1 amide bonds. The van der Waals surface area contributed by atoms with Crippen molar-refractivity contribution in [3.05, 3.63) is 94.5 Å². The van der Waals surface area contributed by atoms with Gasteiger partial charge in [-0.15, -0.1) is 0 Å². The fraction of sp³-hybridized carbons (Fsp3) is 0.207. The number of nitrogens with two attached hydrogens (primary N) is 1. The van der Waals surface area contributed by atoms with E-state index in [9.17, 15) is 14.4 Å². The third kappa shape index (κ3) is 5.70. The first kappa shape index (κ1) is 25.7. The number of carboxylic acid groups (broad SMARTS) is 1. The first-order chi connectivity index (χ1) is 17.6. The Morgan fingerprint density at radius 1 is 1.00 bits per heavy atom. The van der Waals surface area contributed by atoms with Crippen molar-refractivity contribution in [2.75, 3.05) is 17.7 Å². The molecule has 1 heterocycles. The van der Waals surface area contributed by atoms with Crippen molar-refractivity contribution >= 4 is 40.5 Å². The highest BCUT2D eigenvalue weighted by molar-refractivity contribution is 6.37. The number of hydrogen-bond donors (Lipinski definition) is 4. The third-order valence-corrected chi connectivity index (χ3v) is 6.20. The number of ether oxygens (including phenoxy) is 1. The first-order valence-corrected chi connectivity index (χ1v) is 11.8. The van der Waals surface area contributed by atoms with Gasteiger partial charge in [0.2, 0.25) is 0 Å². The van der Waals surface area contributed by atoms with Crippen LogP contribution in [0.1, 0.15) is 52.9 Å². The molecule has 37 heavy (non-hydrogen) atoms. The number of benzene rings is 3. The zero-order valence-electron chi connectivity index (χ0n) is 20.9. The molecule has 0 aromatic heterocycles. The van der Waals surface area contributed by atoms with E-state index in [1.165, 1.54) is 7.11 Å². The van der Waals surface area contributed by atoms with Gasteiger partial charge in [-0.25, -0.2) is 4.79 Å². The number of anilines is 2. The lowest BCUT2D eigenvalue weighted by molar-refractivity contribution is -0.137. The molecule has 0 saturated heterocycles. The SMILES string of the molecule is COC(=O)c1ccc2c(c1)NC(=O)/C2=C(\Nc1ccc(C(C)(C)N)cc1)c1ccc(CCC(=O)O)cc1. The standard InChI is InChI=1S/C29H29N3O5/c1-29(2,30)20-10-12-21(13-11-20)31-26(18-7-4-17(5-8-18)6-15-24(33)34)25-22-14-9-19(28(36)37-3)16-23(22)32-27(25)35/h4-5,7-14,16,31H,6,15,30H2,1-3H3,(H,32,35)(H,33,34)/b26-25-. The van der Waals surface area contributed by atoms with Crippen molar-refractivity contribution in [2.45, 2.75) is 32.2 Å². The van der Waals surface area contributed by atoms with E-state index in [1.54, 1.807) is 18.2 Å². The Labute approximate surface area is 215 Å². The van der Waals surface area contributed by atoms with Crippen LogP contribution in [0.25, 0.3) is 11.3 Å². The maximum atomic E-state index is 13.2. The summed E-state index contributed by atoms with van der Waals surface area (Å²) in [6.07, 6.45) is 0.443. The summed E-state index contributed by atoms with van der Waals surface area (Å²) < 4.78 is 4.80. The van der Waals surface area contributed by atoms with Crippen LogP contribution in [0.3, 0.4) is 0 Å². The van der Waals surface area contributed by atoms with Gasteiger partial charge in [0.15, 0.2) is 0 Å². The second-order valence-electron chi connectivity index (χ2n) is 9.47. The van der Waals surface area contributed by atoms with E-state index in [0.717, 1.165) is 22.4 Å². The van der Waals surface area contributed by atoms with Crippen LogP contribution in [0.2, 0.25) is 0 Å². The highest BCUT2D eigenvalue weighted by Crippen LogP contribution is 2.38. The van der Waals surface area contributed by atoms with Gasteiger partial charge in [0, 0.05) is 23.2 Å². The van der Waals surface area contributed by atoms with Gasteiger partial charge in [0.1, 0.15) is 0 Å². The number of fused-ring (bicyclic) bond motifs is 1. The quantitative estimate of drug-likeness (QED) is 0.263. The Hall–Kier alpha value is -4.43. The fourth-order valence-corrected chi connectivity index (χ4v) is 4.16. The number of aliphatic carboxylic acids is 1. The maximum Gasteiger partial charge on any atom is 0.337 e. The molecule has 0 aliphatic carbocycles.